The molecule has 0 unspecified atom stereocenters. The molecule has 0 aliphatic heterocycles. The number of anilines is 5. The molecular formula is C29H31FN8S. The zero-order valence-electron chi connectivity index (χ0n) is 22.1. The number of aryl methyl sites for hydroxylation is 2. The minimum absolute atomic E-state index is 0.242. The summed E-state index contributed by atoms with van der Waals surface area (Å²) < 4.78 is 18.3. The monoisotopic (exact) mass is 542 g/mol. The highest BCUT2D eigenvalue weighted by Crippen LogP contribution is 2.28. The number of benzene rings is 3. The number of fused-ring (bicyclic) bond motifs is 1. The Balaban J connectivity index is 1.28. The van der Waals surface area contributed by atoms with E-state index < -0.39 is 0 Å². The standard InChI is InChI=1S/C29H31FN8S/c1-31-39-17-15-20-6-10-23(11-7-20)34-28-32-16-14-27(36-28)37(2)24-12-13-26-25(18-24)35-29(38(26)3)33-19-21-4-8-22(30)9-5-21/h4-14,16,18,31H,15,17,19H2,1-3H3,(H,33,35)(H,32,34,36). The predicted molar refractivity (Wildman–Crippen MR) is 159 cm³/mol. The van der Waals surface area contributed by atoms with Crippen molar-refractivity contribution in [1.82, 2.24) is 24.2 Å². The first kappa shape index (κ1) is 26.5. The third-order valence-electron chi connectivity index (χ3n) is 6.45. The summed E-state index contributed by atoms with van der Waals surface area (Å²) in [6.45, 7) is 0.555. The van der Waals surface area contributed by atoms with Gasteiger partial charge in [0.1, 0.15) is 11.6 Å². The summed E-state index contributed by atoms with van der Waals surface area (Å²) in [4.78, 5) is 15.9. The SMILES string of the molecule is CNSCCc1ccc(Nc2nccc(N(C)c3ccc4c(c3)nc(NCc3ccc(F)cc3)n4C)n2)cc1. The van der Waals surface area contributed by atoms with Crippen LogP contribution in [0.25, 0.3) is 11.0 Å². The van der Waals surface area contributed by atoms with Gasteiger partial charge in [-0.15, -0.1) is 0 Å². The van der Waals surface area contributed by atoms with Crippen molar-refractivity contribution in [2.45, 2.75) is 13.0 Å². The first-order valence-corrected chi connectivity index (χ1v) is 13.6. The lowest BCUT2D eigenvalue weighted by molar-refractivity contribution is 0.627. The molecule has 10 heteroatoms. The predicted octanol–water partition coefficient (Wildman–Crippen LogP) is 6.04. The van der Waals surface area contributed by atoms with Gasteiger partial charge in [0.15, 0.2) is 0 Å². The second-order valence-electron chi connectivity index (χ2n) is 9.07. The molecule has 0 amide bonds. The van der Waals surface area contributed by atoms with E-state index >= 15 is 0 Å². The summed E-state index contributed by atoms with van der Waals surface area (Å²) >= 11 is 1.71. The molecule has 200 valence electrons. The van der Waals surface area contributed by atoms with Crippen LogP contribution in [-0.4, -0.2) is 39.4 Å². The highest BCUT2D eigenvalue weighted by molar-refractivity contribution is 7.97. The molecule has 0 saturated carbocycles. The second-order valence-corrected chi connectivity index (χ2v) is 10.2. The van der Waals surface area contributed by atoms with E-state index in [1.54, 1.807) is 30.3 Å². The van der Waals surface area contributed by atoms with Gasteiger partial charge in [-0.25, -0.2) is 14.4 Å². The molecule has 0 spiro atoms. The van der Waals surface area contributed by atoms with Gasteiger partial charge >= 0.3 is 0 Å². The Hall–Kier alpha value is -4.15. The Morgan fingerprint density at radius 1 is 0.949 bits per heavy atom. The minimum atomic E-state index is -0.242. The molecule has 5 rings (SSSR count). The molecule has 39 heavy (non-hydrogen) atoms. The summed E-state index contributed by atoms with van der Waals surface area (Å²) in [5.74, 6) is 2.82. The number of hydrogen-bond donors (Lipinski definition) is 3. The summed E-state index contributed by atoms with van der Waals surface area (Å²) in [5, 5.41) is 6.65. The molecule has 2 heterocycles. The molecule has 0 fully saturated rings. The molecule has 3 N–H and O–H groups in total. The van der Waals surface area contributed by atoms with Crippen LogP contribution in [-0.2, 0) is 20.0 Å². The number of nitrogens with zero attached hydrogens (tertiary/aromatic N) is 5. The fourth-order valence-corrected chi connectivity index (χ4v) is 4.76. The van der Waals surface area contributed by atoms with E-state index in [4.69, 9.17) is 9.97 Å². The van der Waals surface area contributed by atoms with Crippen molar-refractivity contribution < 1.29 is 4.39 Å². The smallest absolute Gasteiger partial charge is 0.229 e. The first-order valence-electron chi connectivity index (χ1n) is 12.7. The quantitative estimate of drug-likeness (QED) is 0.138. The third-order valence-corrected chi connectivity index (χ3v) is 7.14. The number of halogens is 1. The fourth-order valence-electron chi connectivity index (χ4n) is 4.22. The lowest BCUT2D eigenvalue weighted by atomic mass is 10.1. The number of nitrogens with one attached hydrogen (secondary N) is 3. The Morgan fingerprint density at radius 2 is 1.72 bits per heavy atom. The van der Waals surface area contributed by atoms with Crippen LogP contribution in [0.1, 0.15) is 11.1 Å². The van der Waals surface area contributed by atoms with E-state index in [1.807, 2.05) is 54.9 Å². The molecule has 0 atom stereocenters. The van der Waals surface area contributed by atoms with Gasteiger partial charge in [0, 0.05) is 44.0 Å². The van der Waals surface area contributed by atoms with Gasteiger partial charge in [-0.3, -0.25) is 4.72 Å². The summed E-state index contributed by atoms with van der Waals surface area (Å²) in [5.41, 5.74) is 6.04. The Bertz CT molecular complexity index is 1540. The number of rotatable bonds is 11. The van der Waals surface area contributed by atoms with E-state index in [0.29, 0.717) is 12.5 Å². The van der Waals surface area contributed by atoms with Crippen molar-refractivity contribution in [3.8, 4) is 0 Å². The molecule has 2 aromatic heterocycles. The third kappa shape index (κ3) is 6.47. The molecule has 3 aromatic carbocycles. The van der Waals surface area contributed by atoms with Crippen LogP contribution in [0, 0.1) is 5.82 Å². The van der Waals surface area contributed by atoms with Gasteiger partial charge in [-0.2, -0.15) is 4.98 Å². The first-order chi connectivity index (χ1) is 19.0. The van der Waals surface area contributed by atoms with Gasteiger partial charge in [0.2, 0.25) is 11.9 Å². The molecule has 5 aromatic rings. The van der Waals surface area contributed by atoms with E-state index in [0.717, 1.165) is 51.9 Å². The Kier molecular flexibility index (Phi) is 8.24. The normalized spacial score (nSPS) is 11.1. The molecule has 8 nitrogen and oxygen atoms in total. The Morgan fingerprint density at radius 3 is 2.49 bits per heavy atom. The van der Waals surface area contributed by atoms with Crippen LogP contribution >= 0.6 is 11.9 Å². The van der Waals surface area contributed by atoms with Crippen LogP contribution in [0.5, 0.6) is 0 Å². The topological polar surface area (TPSA) is 82.9 Å². The maximum atomic E-state index is 13.2. The maximum absolute atomic E-state index is 13.2. The van der Waals surface area contributed by atoms with Gasteiger partial charge in [-0.05, 0) is 73.1 Å². The lowest BCUT2D eigenvalue weighted by Crippen LogP contribution is -2.12. The Labute approximate surface area is 231 Å². The maximum Gasteiger partial charge on any atom is 0.229 e. The second kappa shape index (κ2) is 12.1. The van der Waals surface area contributed by atoms with Gasteiger partial charge in [-0.1, -0.05) is 36.2 Å². The van der Waals surface area contributed by atoms with E-state index in [-0.39, 0.29) is 5.82 Å². The van der Waals surface area contributed by atoms with Crippen molar-refractivity contribution in [3.63, 3.8) is 0 Å². The van der Waals surface area contributed by atoms with Crippen LogP contribution in [0.3, 0.4) is 0 Å². The van der Waals surface area contributed by atoms with Crippen molar-refractivity contribution in [1.29, 1.82) is 0 Å². The van der Waals surface area contributed by atoms with Crippen LogP contribution in [0.15, 0.2) is 79.0 Å². The van der Waals surface area contributed by atoms with E-state index in [9.17, 15) is 4.39 Å². The summed E-state index contributed by atoms with van der Waals surface area (Å²) in [6, 6.07) is 22.8. The molecular weight excluding hydrogens is 511 g/mol. The van der Waals surface area contributed by atoms with E-state index in [2.05, 4.69) is 44.6 Å². The molecule has 0 saturated heterocycles. The lowest BCUT2D eigenvalue weighted by Gasteiger charge is -2.19. The van der Waals surface area contributed by atoms with Crippen LogP contribution in [0.4, 0.5) is 33.5 Å². The fraction of sp³-hybridized carbons (Fsp3) is 0.207. The highest BCUT2D eigenvalue weighted by Gasteiger charge is 2.12. The average molecular weight is 543 g/mol. The summed E-state index contributed by atoms with van der Waals surface area (Å²) in [7, 11) is 5.89. The summed E-state index contributed by atoms with van der Waals surface area (Å²) in [6.07, 6.45) is 2.76. The van der Waals surface area contributed by atoms with Gasteiger partial charge < -0.3 is 20.1 Å². The van der Waals surface area contributed by atoms with Crippen LogP contribution in [0.2, 0.25) is 0 Å². The largest absolute Gasteiger partial charge is 0.352 e. The zero-order valence-corrected chi connectivity index (χ0v) is 23.0. The van der Waals surface area contributed by atoms with Crippen molar-refractivity contribution >= 4 is 52.1 Å². The zero-order chi connectivity index (χ0) is 27.2. The molecule has 0 radical (unpaired) electrons. The van der Waals surface area contributed by atoms with E-state index in [1.165, 1.54) is 17.7 Å². The highest BCUT2D eigenvalue weighted by atomic mass is 32.2. The number of hydrogen-bond acceptors (Lipinski definition) is 8. The van der Waals surface area contributed by atoms with Gasteiger partial charge in [0.05, 0.1) is 11.0 Å². The number of aromatic nitrogens is 4. The van der Waals surface area contributed by atoms with Crippen molar-refractivity contribution in [2.24, 2.45) is 7.05 Å². The minimum Gasteiger partial charge on any atom is -0.352 e. The van der Waals surface area contributed by atoms with Gasteiger partial charge in [0.25, 0.3) is 0 Å². The van der Waals surface area contributed by atoms with Crippen molar-refractivity contribution in [3.05, 3.63) is 95.9 Å². The molecule has 0 aliphatic rings. The molecule has 0 bridgehead atoms. The van der Waals surface area contributed by atoms with Crippen molar-refractivity contribution in [2.75, 3.05) is 35.4 Å². The van der Waals surface area contributed by atoms with Crippen LogP contribution < -0.4 is 20.3 Å². The average Bonchev–Trinajstić information content (AvgIpc) is 3.28. The number of imidazole rings is 1. The molecule has 0 aliphatic carbocycles.